The van der Waals surface area contributed by atoms with Crippen LogP contribution in [0.25, 0.3) is 110 Å². The number of para-hydroxylation sites is 2. The molecule has 0 aliphatic carbocycles. The van der Waals surface area contributed by atoms with E-state index < -0.39 is 0 Å². The van der Waals surface area contributed by atoms with Crippen LogP contribution in [0.4, 0.5) is 0 Å². The second kappa shape index (κ2) is 11.2. The first-order valence-corrected chi connectivity index (χ1v) is 17.5. The lowest BCUT2D eigenvalue weighted by Crippen LogP contribution is -1.96. The van der Waals surface area contributed by atoms with Gasteiger partial charge in [0.1, 0.15) is 22.3 Å². The monoisotopic (exact) mass is 664 g/mol. The van der Waals surface area contributed by atoms with Gasteiger partial charge in [0.25, 0.3) is 0 Å². The van der Waals surface area contributed by atoms with Gasteiger partial charge in [0, 0.05) is 37.9 Å². The lowest BCUT2D eigenvalue weighted by molar-refractivity contribution is 0.669. The Morgan fingerprint density at radius 3 is 1.88 bits per heavy atom. The van der Waals surface area contributed by atoms with E-state index in [9.17, 15) is 0 Å². The van der Waals surface area contributed by atoms with Crippen LogP contribution < -0.4 is 0 Å². The second-order valence-electron chi connectivity index (χ2n) is 13.3. The molecule has 0 radical (unpaired) electrons. The molecule has 0 fully saturated rings. The van der Waals surface area contributed by atoms with Gasteiger partial charge in [-0.1, -0.05) is 127 Å². The molecule has 0 N–H and O–H groups in total. The Kier molecular flexibility index (Phi) is 6.22. The number of fused-ring (bicyclic) bond motifs is 9. The Balaban J connectivity index is 1.11. The van der Waals surface area contributed by atoms with E-state index in [2.05, 4.69) is 127 Å². The van der Waals surface area contributed by atoms with Crippen molar-refractivity contribution in [1.82, 2.24) is 9.97 Å². The molecular formula is C48H28N2O2. The maximum absolute atomic E-state index is 6.84. The highest BCUT2D eigenvalue weighted by Crippen LogP contribution is 2.42. The van der Waals surface area contributed by atoms with Crippen LogP contribution in [0, 0.1) is 0 Å². The van der Waals surface area contributed by atoms with E-state index in [-0.39, 0.29) is 0 Å². The average Bonchev–Trinajstić information content (AvgIpc) is 3.79. The molecule has 0 saturated heterocycles. The summed E-state index contributed by atoms with van der Waals surface area (Å²) < 4.78 is 13.0. The van der Waals surface area contributed by atoms with Crippen LogP contribution in [0.1, 0.15) is 0 Å². The zero-order chi connectivity index (χ0) is 34.2. The van der Waals surface area contributed by atoms with Crippen LogP contribution in [0.2, 0.25) is 0 Å². The van der Waals surface area contributed by atoms with Crippen molar-refractivity contribution in [2.75, 3.05) is 0 Å². The lowest BCUT2D eigenvalue weighted by Gasteiger charge is -2.11. The molecule has 0 atom stereocenters. The first kappa shape index (κ1) is 28.8. The van der Waals surface area contributed by atoms with Gasteiger partial charge in [0.05, 0.1) is 16.8 Å². The smallest absolute Gasteiger partial charge is 0.164 e. The second-order valence-corrected chi connectivity index (χ2v) is 13.3. The Morgan fingerprint density at radius 2 is 1.02 bits per heavy atom. The van der Waals surface area contributed by atoms with E-state index in [4.69, 9.17) is 18.8 Å². The molecule has 4 nitrogen and oxygen atoms in total. The summed E-state index contributed by atoms with van der Waals surface area (Å²) in [6.45, 7) is 0. The maximum atomic E-state index is 6.84. The number of aromatic nitrogens is 2. The topological polar surface area (TPSA) is 52.1 Å². The Bertz CT molecular complexity index is 3170. The number of hydrogen-bond donors (Lipinski definition) is 0. The van der Waals surface area contributed by atoms with Gasteiger partial charge in [-0.2, -0.15) is 0 Å². The molecule has 0 aliphatic rings. The van der Waals surface area contributed by atoms with Crippen molar-refractivity contribution in [3.8, 4) is 44.9 Å². The van der Waals surface area contributed by atoms with Gasteiger partial charge in [0.15, 0.2) is 5.82 Å². The molecule has 4 heteroatoms. The van der Waals surface area contributed by atoms with Gasteiger partial charge in [-0.25, -0.2) is 9.97 Å². The summed E-state index contributed by atoms with van der Waals surface area (Å²) in [6.07, 6.45) is 0. The first-order chi connectivity index (χ1) is 25.7. The maximum Gasteiger partial charge on any atom is 0.164 e. The zero-order valence-corrected chi connectivity index (χ0v) is 27.9. The van der Waals surface area contributed by atoms with E-state index in [0.29, 0.717) is 5.82 Å². The fourth-order valence-electron chi connectivity index (χ4n) is 7.71. The fraction of sp³-hybridized carbons (Fsp3) is 0. The Labute approximate surface area is 298 Å². The normalized spacial score (nSPS) is 11.8. The van der Waals surface area contributed by atoms with Crippen LogP contribution in [0.15, 0.2) is 179 Å². The van der Waals surface area contributed by atoms with E-state index >= 15 is 0 Å². The Morgan fingerprint density at radius 1 is 0.346 bits per heavy atom. The SMILES string of the molecule is c1ccc(-c2nc(-c3cc(-c4ccc(-c5ccc6c(c5)oc5ccccc56)cc4)cc4c3oc3c5ccccc5ccc43)nc3ccccc23)cc1. The van der Waals surface area contributed by atoms with Crippen LogP contribution in [-0.4, -0.2) is 9.97 Å². The van der Waals surface area contributed by atoms with Gasteiger partial charge >= 0.3 is 0 Å². The van der Waals surface area contributed by atoms with Crippen molar-refractivity contribution in [2.24, 2.45) is 0 Å². The molecule has 0 spiro atoms. The minimum atomic E-state index is 0.628. The predicted molar refractivity (Wildman–Crippen MR) is 213 cm³/mol. The fourth-order valence-corrected chi connectivity index (χ4v) is 7.71. The molecular weight excluding hydrogens is 637 g/mol. The summed E-state index contributed by atoms with van der Waals surface area (Å²) in [5.41, 5.74) is 11.5. The van der Waals surface area contributed by atoms with E-state index in [1.807, 2.05) is 42.5 Å². The summed E-state index contributed by atoms with van der Waals surface area (Å²) >= 11 is 0. The largest absolute Gasteiger partial charge is 0.456 e. The van der Waals surface area contributed by atoms with Crippen molar-refractivity contribution in [1.29, 1.82) is 0 Å². The van der Waals surface area contributed by atoms with E-state index in [1.165, 1.54) is 0 Å². The molecule has 11 aromatic rings. The minimum absolute atomic E-state index is 0.628. The number of rotatable bonds is 4. The molecule has 0 aliphatic heterocycles. The van der Waals surface area contributed by atoms with Crippen molar-refractivity contribution < 1.29 is 8.83 Å². The van der Waals surface area contributed by atoms with Crippen molar-refractivity contribution in [3.05, 3.63) is 170 Å². The third kappa shape index (κ3) is 4.48. The molecule has 242 valence electrons. The van der Waals surface area contributed by atoms with Crippen LogP contribution >= 0.6 is 0 Å². The van der Waals surface area contributed by atoms with Crippen molar-refractivity contribution in [2.45, 2.75) is 0 Å². The highest BCUT2D eigenvalue weighted by atomic mass is 16.3. The average molecular weight is 665 g/mol. The molecule has 52 heavy (non-hydrogen) atoms. The van der Waals surface area contributed by atoms with Crippen LogP contribution in [0.3, 0.4) is 0 Å². The Hall–Kier alpha value is -7.04. The van der Waals surface area contributed by atoms with E-state index in [0.717, 1.165) is 105 Å². The minimum Gasteiger partial charge on any atom is -0.456 e. The summed E-state index contributed by atoms with van der Waals surface area (Å²) in [4.78, 5) is 10.4. The highest BCUT2D eigenvalue weighted by molar-refractivity contribution is 6.18. The number of benzene rings is 8. The molecule has 0 bridgehead atoms. The standard InChI is InChI=1S/C48H28N2O2/c1-2-11-32(12-3-1)45-39-15-6-8-16-42(39)49-48(50-45)41-27-34(26-40-38-25-22-31-10-4-5-13-35(31)46(38)52-47(40)41)30-20-18-29(19-21-30)33-23-24-37-36-14-7-9-17-43(36)51-44(37)28-33/h1-28H. The van der Waals surface area contributed by atoms with Gasteiger partial charge in [-0.05, 0) is 70.1 Å². The number of furan rings is 2. The third-order valence-corrected chi connectivity index (χ3v) is 10.3. The van der Waals surface area contributed by atoms with Crippen LogP contribution in [-0.2, 0) is 0 Å². The highest BCUT2D eigenvalue weighted by Gasteiger charge is 2.20. The quantitative estimate of drug-likeness (QED) is 0.188. The molecule has 8 aromatic carbocycles. The van der Waals surface area contributed by atoms with Crippen molar-refractivity contribution >= 4 is 65.6 Å². The molecule has 3 heterocycles. The summed E-state index contributed by atoms with van der Waals surface area (Å²) in [5.74, 6) is 0.628. The summed E-state index contributed by atoms with van der Waals surface area (Å²) in [7, 11) is 0. The molecule has 3 aromatic heterocycles. The van der Waals surface area contributed by atoms with Gasteiger partial charge in [-0.3, -0.25) is 0 Å². The van der Waals surface area contributed by atoms with Gasteiger partial charge in [-0.15, -0.1) is 0 Å². The summed E-state index contributed by atoms with van der Waals surface area (Å²) in [5, 5.41) is 7.60. The predicted octanol–water partition coefficient (Wildman–Crippen LogP) is 13.2. The molecule has 0 amide bonds. The van der Waals surface area contributed by atoms with E-state index in [1.54, 1.807) is 0 Å². The van der Waals surface area contributed by atoms with Crippen LogP contribution in [0.5, 0.6) is 0 Å². The van der Waals surface area contributed by atoms with Gasteiger partial charge in [0.2, 0.25) is 0 Å². The molecule has 0 unspecified atom stereocenters. The molecule has 0 saturated carbocycles. The molecule has 11 rings (SSSR count). The first-order valence-electron chi connectivity index (χ1n) is 17.5. The van der Waals surface area contributed by atoms with Crippen molar-refractivity contribution in [3.63, 3.8) is 0 Å². The zero-order valence-electron chi connectivity index (χ0n) is 27.9. The number of hydrogen-bond acceptors (Lipinski definition) is 4. The summed E-state index contributed by atoms with van der Waals surface area (Å²) in [6, 6.07) is 59.1. The third-order valence-electron chi connectivity index (χ3n) is 10.3. The van der Waals surface area contributed by atoms with Gasteiger partial charge < -0.3 is 8.83 Å². The lowest BCUT2D eigenvalue weighted by atomic mass is 9.96. The number of nitrogens with zero attached hydrogens (tertiary/aromatic N) is 2.